The molecule has 2 heterocycles. The first-order valence-corrected chi connectivity index (χ1v) is 10.2. The van der Waals surface area contributed by atoms with E-state index in [0.29, 0.717) is 26.2 Å². The molecule has 0 radical (unpaired) electrons. The van der Waals surface area contributed by atoms with Crippen LogP contribution in [-0.4, -0.2) is 42.0 Å². The number of aromatic nitrogens is 1. The first kappa shape index (κ1) is 21.4. The molecule has 7 heteroatoms. The first-order valence-electron chi connectivity index (χ1n) is 10.2. The standard InChI is InChI=1S/C25H20F3N3O/c26-25(27,28)22-9-5-4-8-21(22)24(32)31-16-14-30(15-17-31)23-13-12-20(18-29-23)11-10-19-6-2-1-3-7-19/h1-9,12-13,18H,14-17H2. The number of hydrogen-bond donors (Lipinski definition) is 0. The minimum Gasteiger partial charge on any atom is -0.353 e. The molecular formula is C25H20F3N3O. The van der Waals surface area contributed by atoms with E-state index < -0.39 is 17.6 Å². The molecule has 1 amide bonds. The van der Waals surface area contributed by atoms with E-state index in [4.69, 9.17) is 0 Å². The highest BCUT2D eigenvalue weighted by Gasteiger charge is 2.36. The van der Waals surface area contributed by atoms with Crippen molar-refractivity contribution in [2.75, 3.05) is 31.1 Å². The molecule has 1 aromatic heterocycles. The molecule has 3 aromatic rings. The molecule has 0 unspecified atom stereocenters. The Balaban J connectivity index is 1.39. The van der Waals surface area contributed by atoms with Crippen molar-refractivity contribution in [2.24, 2.45) is 0 Å². The molecule has 1 aliphatic rings. The smallest absolute Gasteiger partial charge is 0.353 e. The van der Waals surface area contributed by atoms with Gasteiger partial charge in [0, 0.05) is 43.5 Å². The van der Waals surface area contributed by atoms with Crippen molar-refractivity contribution in [3.8, 4) is 11.8 Å². The Hall–Kier alpha value is -3.79. The van der Waals surface area contributed by atoms with Gasteiger partial charge in [0.25, 0.3) is 5.91 Å². The zero-order chi connectivity index (χ0) is 22.6. The van der Waals surface area contributed by atoms with Gasteiger partial charge in [0.2, 0.25) is 0 Å². The van der Waals surface area contributed by atoms with Crippen LogP contribution in [0.1, 0.15) is 27.0 Å². The number of pyridine rings is 1. The van der Waals surface area contributed by atoms with Crippen molar-refractivity contribution < 1.29 is 18.0 Å². The largest absolute Gasteiger partial charge is 0.417 e. The number of amides is 1. The van der Waals surface area contributed by atoms with Gasteiger partial charge in [0.15, 0.2) is 0 Å². The number of anilines is 1. The lowest BCUT2D eigenvalue weighted by Crippen LogP contribution is -2.49. The molecule has 162 valence electrons. The van der Waals surface area contributed by atoms with Crippen LogP contribution in [0.3, 0.4) is 0 Å². The van der Waals surface area contributed by atoms with Gasteiger partial charge in [-0.05, 0) is 36.4 Å². The number of piperazine rings is 1. The van der Waals surface area contributed by atoms with Gasteiger partial charge in [-0.2, -0.15) is 13.2 Å². The topological polar surface area (TPSA) is 36.4 Å². The van der Waals surface area contributed by atoms with E-state index in [1.54, 1.807) is 6.20 Å². The van der Waals surface area contributed by atoms with Crippen molar-refractivity contribution in [2.45, 2.75) is 6.18 Å². The van der Waals surface area contributed by atoms with Gasteiger partial charge in [-0.1, -0.05) is 42.2 Å². The van der Waals surface area contributed by atoms with E-state index >= 15 is 0 Å². The third-order valence-corrected chi connectivity index (χ3v) is 5.23. The molecule has 0 spiro atoms. The maximum Gasteiger partial charge on any atom is 0.417 e. The Morgan fingerprint density at radius 1 is 0.812 bits per heavy atom. The quantitative estimate of drug-likeness (QED) is 0.558. The molecule has 0 saturated carbocycles. The van der Waals surface area contributed by atoms with Crippen LogP contribution in [0, 0.1) is 11.8 Å². The van der Waals surface area contributed by atoms with E-state index in [2.05, 4.69) is 16.8 Å². The monoisotopic (exact) mass is 435 g/mol. The molecule has 1 fully saturated rings. The number of nitrogens with zero attached hydrogens (tertiary/aromatic N) is 3. The maximum atomic E-state index is 13.2. The number of carbonyl (C=O) groups is 1. The molecule has 2 aromatic carbocycles. The predicted octanol–water partition coefficient (Wildman–Crippen LogP) is 4.46. The maximum absolute atomic E-state index is 13.2. The number of rotatable bonds is 2. The SMILES string of the molecule is O=C(c1ccccc1C(F)(F)F)N1CCN(c2ccc(C#Cc3ccccc3)cn2)CC1. The average molecular weight is 435 g/mol. The molecular weight excluding hydrogens is 415 g/mol. The highest BCUT2D eigenvalue weighted by Crippen LogP contribution is 2.32. The van der Waals surface area contributed by atoms with Gasteiger partial charge in [0.1, 0.15) is 5.82 Å². The van der Waals surface area contributed by atoms with Crippen molar-refractivity contribution in [3.05, 3.63) is 95.2 Å². The van der Waals surface area contributed by atoms with E-state index in [1.165, 1.54) is 23.1 Å². The summed E-state index contributed by atoms with van der Waals surface area (Å²) < 4.78 is 39.7. The normalized spacial score (nSPS) is 14.0. The minimum atomic E-state index is -4.57. The Morgan fingerprint density at radius 3 is 2.12 bits per heavy atom. The lowest BCUT2D eigenvalue weighted by atomic mass is 10.1. The van der Waals surface area contributed by atoms with Gasteiger partial charge < -0.3 is 9.80 Å². The van der Waals surface area contributed by atoms with Gasteiger partial charge in [-0.3, -0.25) is 4.79 Å². The van der Waals surface area contributed by atoms with Crippen LogP contribution in [0.5, 0.6) is 0 Å². The van der Waals surface area contributed by atoms with Crippen LogP contribution < -0.4 is 4.90 Å². The molecule has 1 saturated heterocycles. The molecule has 0 bridgehead atoms. The summed E-state index contributed by atoms with van der Waals surface area (Å²) in [7, 11) is 0. The number of benzene rings is 2. The zero-order valence-electron chi connectivity index (χ0n) is 17.1. The van der Waals surface area contributed by atoms with Gasteiger partial charge in [-0.15, -0.1) is 0 Å². The van der Waals surface area contributed by atoms with Crippen LogP contribution in [0.25, 0.3) is 0 Å². The van der Waals surface area contributed by atoms with Gasteiger partial charge in [0.05, 0.1) is 11.1 Å². The molecule has 0 aliphatic carbocycles. The van der Waals surface area contributed by atoms with Gasteiger partial charge in [-0.25, -0.2) is 4.98 Å². The average Bonchev–Trinajstić information content (AvgIpc) is 2.83. The second-order valence-electron chi connectivity index (χ2n) is 7.34. The summed E-state index contributed by atoms with van der Waals surface area (Å²) in [4.78, 5) is 20.6. The van der Waals surface area contributed by atoms with Crippen LogP contribution >= 0.6 is 0 Å². The van der Waals surface area contributed by atoms with E-state index in [-0.39, 0.29) is 5.56 Å². The molecule has 1 aliphatic heterocycles. The van der Waals surface area contributed by atoms with Crippen LogP contribution in [0.4, 0.5) is 19.0 Å². The Morgan fingerprint density at radius 2 is 1.47 bits per heavy atom. The van der Waals surface area contributed by atoms with Crippen LogP contribution in [-0.2, 0) is 6.18 Å². The van der Waals surface area contributed by atoms with E-state index in [9.17, 15) is 18.0 Å². The summed E-state index contributed by atoms with van der Waals surface area (Å²) in [6.45, 7) is 1.62. The summed E-state index contributed by atoms with van der Waals surface area (Å²) in [6, 6.07) is 18.3. The fourth-order valence-electron chi connectivity index (χ4n) is 3.54. The summed E-state index contributed by atoms with van der Waals surface area (Å²) >= 11 is 0. The Bertz CT molecular complexity index is 1140. The summed E-state index contributed by atoms with van der Waals surface area (Å²) in [5.74, 6) is 6.30. The second-order valence-corrected chi connectivity index (χ2v) is 7.34. The first-order chi connectivity index (χ1) is 15.4. The summed E-state index contributed by atoms with van der Waals surface area (Å²) in [5, 5.41) is 0. The minimum absolute atomic E-state index is 0.312. The highest BCUT2D eigenvalue weighted by atomic mass is 19.4. The number of alkyl halides is 3. The van der Waals surface area contributed by atoms with Crippen molar-refractivity contribution in [1.82, 2.24) is 9.88 Å². The molecule has 4 rings (SSSR count). The lowest BCUT2D eigenvalue weighted by molar-refractivity contribution is -0.138. The van der Waals surface area contributed by atoms with Crippen molar-refractivity contribution >= 4 is 11.7 Å². The zero-order valence-corrected chi connectivity index (χ0v) is 17.1. The second kappa shape index (κ2) is 9.15. The Kier molecular flexibility index (Phi) is 6.13. The fraction of sp³-hybridized carbons (Fsp3) is 0.200. The van der Waals surface area contributed by atoms with Crippen molar-refractivity contribution in [1.29, 1.82) is 0 Å². The van der Waals surface area contributed by atoms with Crippen LogP contribution in [0.2, 0.25) is 0 Å². The molecule has 0 N–H and O–H groups in total. The van der Waals surface area contributed by atoms with Gasteiger partial charge >= 0.3 is 6.18 Å². The molecule has 4 nitrogen and oxygen atoms in total. The molecule has 0 atom stereocenters. The van der Waals surface area contributed by atoms with Crippen LogP contribution in [0.15, 0.2) is 72.9 Å². The fourth-order valence-corrected chi connectivity index (χ4v) is 3.54. The van der Waals surface area contributed by atoms with E-state index in [0.717, 1.165) is 23.0 Å². The Labute approximate surface area is 184 Å². The third-order valence-electron chi connectivity index (χ3n) is 5.23. The number of carbonyl (C=O) groups excluding carboxylic acids is 1. The van der Waals surface area contributed by atoms with E-state index in [1.807, 2.05) is 47.4 Å². The van der Waals surface area contributed by atoms with Crippen molar-refractivity contribution in [3.63, 3.8) is 0 Å². The summed E-state index contributed by atoms with van der Waals surface area (Å²) in [6.07, 6.45) is -2.87. The summed E-state index contributed by atoms with van der Waals surface area (Å²) in [5.41, 5.74) is 0.494. The molecule has 32 heavy (non-hydrogen) atoms. The third kappa shape index (κ3) is 4.92. The lowest BCUT2D eigenvalue weighted by Gasteiger charge is -2.35. The number of hydrogen-bond acceptors (Lipinski definition) is 3. The predicted molar refractivity (Wildman–Crippen MR) is 116 cm³/mol. The highest BCUT2D eigenvalue weighted by molar-refractivity contribution is 5.96. The number of halogens is 3.